The van der Waals surface area contributed by atoms with Crippen molar-refractivity contribution in [1.29, 1.82) is 0 Å². The zero-order valence-electron chi connectivity index (χ0n) is 16.8. The van der Waals surface area contributed by atoms with Gasteiger partial charge in [-0.2, -0.15) is 0 Å². The number of nitrogens with one attached hydrogen (secondary N) is 2. The Labute approximate surface area is 174 Å². The fraction of sp³-hybridized carbons (Fsp3) is 0.429. The van der Waals surface area contributed by atoms with Crippen LogP contribution in [-0.2, 0) is 29.1 Å². The number of nitrogens with two attached hydrogens (primary N) is 1. The lowest BCUT2D eigenvalue weighted by atomic mass is 10.0. The molecule has 0 bridgehead atoms. The number of amides is 3. The molecule has 1 saturated heterocycles. The van der Waals surface area contributed by atoms with Crippen molar-refractivity contribution >= 4 is 23.4 Å². The molecule has 4 rings (SSSR count). The maximum absolute atomic E-state index is 12.9. The van der Waals surface area contributed by atoms with E-state index in [-0.39, 0.29) is 18.2 Å². The first-order valence-corrected chi connectivity index (χ1v) is 10.3. The minimum absolute atomic E-state index is 0.158. The van der Waals surface area contributed by atoms with E-state index in [0.29, 0.717) is 25.1 Å². The molecule has 158 valence electrons. The summed E-state index contributed by atoms with van der Waals surface area (Å²) in [6.07, 6.45) is 6.13. The second-order valence-corrected chi connectivity index (χ2v) is 7.65. The summed E-state index contributed by atoms with van der Waals surface area (Å²) >= 11 is 0. The van der Waals surface area contributed by atoms with Gasteiger partial charge in [0.25, 0.3) is 5.91 Å². The minimum Gasteiger partial charge on any atom is -0.385 e. The van der Waals surface area contributed by atoms with Gasteiger partial charge >= 0.3 is 0 Å². The fourth-order valence-corrected chi connectivity index (χ4v) is 4.04. The van der Waals surface area contributed by atoms with Crippen molar-refractivity contribution in [2.24, 2.45) is 5.73 Å². The number of fused-ring (bicyclic) bond motifs is 1. The maximum atomic E-state index is 12.9. The van der Waals surface area contributed by atoms with Gasteiger partial charge in [-0.15, -0.1) is 0 Å². The van der Waals surface area contributed by atoms with E-state index in [4.69, 9.17) is 5.73 Å². The third-order valence-electron chi connectivity index (χ3n) is 5.58. The molecule has 4 N–H and O–H groups in total. The Bertz CT molecular complexity index is 969. The summed E-state index contributed by atoms with van der Waals surface area (Å²) in [5.41, 5.74) is 8.98. The number of aromatic nitrogens is 2. The molecule has 1 aromatic carbocycles. The lowest BCUT2D eigenvalue weighted by Gasteiger charge is -2.29. The first-order valence-electron chi connectivity index (χ1n) is 10.3. The maximum Gasteiger partial charge on any atom is 0.255 e. The Balaban J connectivity index is 1.36. The van der Waals surface area contributed by atoms with Crippen LogP contribution in [0, 0.1) is 0 Å². The van der Waals surface area contributed by atoms with Gasteiger partial charge in [-0.1, -0.05) is 6.07 Å². The standard InChI is InChI=1S/C21H26N6O3/c22-8-7-14-11-26(13-24-14)10-2-9-23-17-4-1-3-15-16(17)12-27(21(15)30)18-5-6-19(28)25-20(18)29/h1,3-4,11,13,18,23H,2,5-10,12,22H2,(H,25,28,29). The third kappa shape index (κ3) is 4.06. The Morgan fingerprint density at radius 3 is 2.93 bits per heavy atom. The smallest absolute Gasteiger partial charge is 0.255 e. The lowest BCUT2D eigenvalue weighted by molar-refractivity contribution is -0.136. The summed E-state index contributed by atoms with van der Waals surface area (Å²) in [4.78, 5) is 42.4. The van der Waals surface area contributed by atoms with Crippen molar-refractivity contribution in [3.05, 3.63) is 47.5 Å². The number of hydrogen-bond acceptors (Lipinski definition) is 6. The molecule has 3 heterocycles. The second-order valence-electron chi connectivity index (χ2n) is 7.65. The topological polar surface area (TPSA) is 122 Å². The van der Waals surface area contributed by atoms with Crippen LogP contribution in [0.15, 0.2) is 30.7 Å². The number of anilines is 1. The number of carbonyl (C=O) groups excluding carboxylic acids is 3. The van der Waals surface area contributed by atoms with E-state index in [0.717, 1.165) is 42.9 Å². The van der Waals surface area contributed by atoms with Gasteiger partial charge in [-0.05, 0) is 31.5 Å². The fourth-order valence-electron chi connectivity index (χ4n) is 4.04. The van der Waals surface area contributed by atoms with E-state index < -0.39 is 11.9 Å². The molecular formula is C21H26N6O3. The number of benzene rings is 1. The zero-order chi connectivity index (χ0) is 21.1. The predicted octanol–water partition coefficient (Wildman–Crippen LogP) is 0.647. The number of aryl methyl sites for hydroxylation is 1. The Morgan fingerprint density at radius 2 is 2.13 bits per heavy atom. The largest absolute Gasteiger partial charge is 0.385 e. The van der Waals surface area contributed by atoms with Gasteiger partial charge in [0.2, 0.25) is 11.8 Å². The van der Waals surface area contributed by atoms with Crippen LogP contribution < -0.4 is 16.4 Å². The van der Waals surface area contributed by atoms with E-state index >= 15 is 0 Å². The van der Waals surface area contributed by atoms with Crippen LogP contribution in [0.25, 0.3) is 0 Å². The normalized spacial score (nSPS) is 18.5. The van der Waals surface area contributed by atoms with Gasteiger partial charge in [0.15, 0.2) is 0 Å². The van der Waals surface area contributed by atoms with E-state index in [9.17, 15) is 14.4 Å². The predicted molar refractivity (Wildman–Crippen MR) is 111 cm³/mol. The molecule has 3 amide bonds. The van der Waals surface area contributed by atoms with Gasteiger partial charge in [0.1, 0.15) is 6.04 Å². The molecule has 1 aromatic heterocycles. The van der Waals surface area contributed by atoms with Crippen LogP contribution in [0.5, 0.6) is 0 Å². The minimum atomic E-state index is -0.598. The Hall–Kier alpha value is -3.20. The highest BCUT2D eigenvalue weighted by molar-refractivity contribution is 6.06. The molecule has 0 radical (unpaired) electrons. The van der Waals surface area contributed by atoms with Gasteiger partial charge in [-0.25, -0.2) is 4.98 Å². The number of piperidine rings is 1. The van der Waals surface area contributed by atoms with Crippen LogP contribution in [0.1, 0.15) is 40.9 Å². The molecule has 0 spiro atoms. The summed E-state index contributed by atoms with van der Waals surface area (Å²) in [5, 5.41) is 5.76. The Morgan fingerprint density at radius 1 is 1.27 bits per heavy atom. The van der Waals surface area contributed by atoms with Crippen LogP contribution in [-0.4, -0.2) is 51.3 Å². The molecule has 2 aliphatic heterocycles. The lowest BCUT2D eigenvalue weighted by Crippen LogP contribution is -2.52. The zero-order valence-corrected chi connectivity index (χ0v) is 16.8. The van der Waals surface area contributed by atoms with Gasteiger partial charge < -0.3 is 20.5 Å². The molecule has 1 atom stereocenters. The number of imidazole rings is 1. The van der Waals surface area contributed by atoms with Gasteiger partial charge in [-0.3, -0.25) is 19.7 Å². The number of hydrogen-bond donors (Lipinski definition) is 3. The quantitative estimate of drug-likeness (QED) is 0.434. The number of imide groups is 1. The first kappa shape index (κ1) is 20.1. The second kappa shape index (κ2) is 8.66. The van der Waals surface area contributed by atoms with E-state index in [1.807, 2.05) is 24.7 Å². The van der Waals surface area contributed by atoms with E-state index in [1.165, 1.54) is 0 Å². The van der Waals surface area contributed by atoms with Crippen molar-refractivity contribution in [2.45, 2.75) is 44.8 Å². The summed E-state index contributed by atoms with van der Waals surface area (Å²) in [7, 11) is 0. The molecule has 1 unspecified atom stereocenters. The van der Waals surface area contributed by atoms with Crippen LogP contribution in [0.2, 0.25) is 0 Å². The molecular weight excluding hydrogens is 384 g/mol. The molecule has 0 aliphatic carbocycles. The highest BCUT2D eigenvalue weighted by Gasteiger charge is 2.39. The Kier molecular flexibility index (Phi) is 5.80. The van der Waals surface area contributed by atoms with Crippen molar-refractivity contribution in [1.82, 2.24) is 19.8 Å². The summed E-state index contributed by atoms with van der Waals surface area (Å²) in [5.74, 6) is -0.832. The highest BCUT2D eigenvalue weighted by Crippen LogP contribution is 2.32. The first-order chi connectivity index (χ1) is 14.6. The number of rotatable bonds is 8. The average molecular weight is 410 g/mol. The summed E-state index contributed by atoms with van der Waals surface area (Å²) in [6, 6.07) is 5.00. The van der Waals surface area contributed by atoms with Crippen molar-refractivity contribution in [2.75, 3.05) is 18.4 Å². The van der Waals surface area contributed by atoms with Gasteiger partial charge in [0.05, 0.1) is 12.0 Å². The average Bonchev–Trinajstić information content (AvgIpc) is 3.31. The van der Waals surface area contributed by atoms with Crippen LogP contribution in [0.4, 0.5) is 5.69 Å². The summed E-state index contributed by atoms with van der Waals surface area (Å²) in [6.45, 7) is 2.54. The van der Waals surface area contributed by atoms with E-state index in [2.05, 4.69) is 20.2 Å². The third-order valence-corrected chi connectivity index (χ3v) is 5.58. The molecule has 9 nitrogen and oxygen atoms in total. The van der Waals surface area contributed by atoms with Crippen LogP contribution in [0.3, 0.4) is 0 Å². The molecule has 1 fully saturated rings. The van der Waals surface area contributed by atoms with Crippen molar-refractivity contribution < 1.29 is 14.4 Å². The molecule has 0 saturated carbocycles. The van der Waals surface area contributed by atoms with Crippen molar-refractivity contribution in [3.63, 3.8) is 0 Å². The van der Waals surface area contributed by atoms with Crippen molar-refractivity contribution in [3.8, 4) is 0 Å². The number of nitrogens with zero attached hydrogens (tertiary/aromatic N) is 3. The molecule has 2 aliphatic rings. The molecule has 2 aromatic rings. The van der Waals surface area contributed by atoms with E-state index in [1.54, 1.807) is 11.0 Å². The SMILES string of the molecule is NCCc1cn(CCCNc2cccc3c2CN(C2CCC(=O)NC2=O)C3=O)cn1. The highest BCUT2D eigenvalue weighted by atomic mass is 16.2. The monoisotopic (exact) mass is 410 g/mol. The number of carbonyl (C=O) groups is 3. The summed E-state index contributed by atoms with van der Waals surface area (Å²) < 4.78 is 2.05. The molecule has 30 heavy (non-hydrogen) atoms. The van der Waals surface area contributed by atoms with Crippen LogP contribution >= 0.6 is 0 Å². The van der Waals surface area contributed by atoms with Gasteiger partial charge in [0, 0.05) is 55.5 Å². The molecule has 9 heteroatoms.